The van der Waals surface area contributed by atoms with Crippen LogP contribution in [0.3, 0.4) is 0 Å². The highest BCUT2D eigenvalue weighted by Crippen LogP contribution is 2.33. The molecule has 0 radical (unpaired) electrons. The number of anilines is 1. The number of aryl methyl sites for hydroxylation is 1. The van der Waals surface area contributed by atoms with Crippen LogP contribution < -0.4 is 10.1 Å². The third kappa shape index (κ3) is 4.90. The molecule has 1 unspecified atom stereocenters. The van der Waals surface area contributed by atoms with Crippen LogP contribution >= 0.6 is 22.9 Å². The topological polar surface area (TPSA) is 77.5 Å². The summed E-state index contributed by atoms with van der Waals surface area (Å²) < 4.78 is 12.0. The van der Waals surface area contributed by atoms with Gasteiger partial charge < -0.3 is 14.8 Å². The van der Waals surface area contributed by atoms with Gasteiger partial charge in [-0.1, -0.05) is 48.9 Å². The number of hydrogen-bond acceptors (Lipinski definition) is 6. The van der Waals surface area contributed by atoms with Crippen LogP contribution in [0.25, 0.3) is 20.8 Å². The molecule has 0 saturated heterocycles. The van der Waals surface area contributed by atoms with Gasteiger partial charge in [-0.25, -0.2) is 9.78 Å². The van der Waals surface area contributed by atoms with E-state index in [4.69, 9.17) is 21.1 Å². The SMILES string of the molecule is CCC(OC(=O)c1ccccc1-c1nc2ccccc2s1)C(=O)Nc1cc(C)c(Cl)cc1OC. The Morgan fingerprint density at radius 2 is 1.85 bits per heavy atom. The zero-order valence-corrected chi connectivity index (χ0v) is 20.5. The second-order valence-corrected chi connectivity index (χ2v) is 9.06. The number of carbonyl (C=O) groups excluding carboxylic acids is 2. The predicted octanol–water partition coefficient (Wildman–Crippen LogP) is 6.51. The first kappa shape index (κ1) is 23.7. The van der Waals surface area contributed by atoms with E-state index in [2.05, 4.69) is 10.3 Å². The van der Waals surface area contributed by atoms with Crippen LogP contribution in [0.5, 0.6) is 5.75 Å². The van der Waals surface area contributed by atoms with Crippen LogP contribution in [0.4, 0.5) is 5.69 Å². The summed E-state index contributed by atoms with van der Waals surface area (Å²) in [5.41, 5.74) is 3.13. The molecule has 4 rings (SSSR count). The summed E-state index contributed by atoms with van der Waals surface area (Å²) in [6, 6.07) is 18.3. The monoisotopic (exact) mass is 494 g/mol. The lowest BCUT2D eigenvalue weighted by molar-refractivity contribution is -0.124. The van der Waals surface area contributed by atoms with E-state index in [1.54, 1.807) is 31.2 Å². The number of thiazole rings is 1. The minimum atomic E-state index is -0.989. The summed E-state index contributed by atoms with van der Waals surface area (Å²) >= 11 is 7.65. The van der Waals surface area contributed by atoms with Gasteiger partial charge in [-0.3, -0.25) is 4.79 Å². The fourth-order valence-electron chi connectivity index (χ4n) is 3.49. The van der Waals surface area contributed by atoms with Crippen LogP contribution in [-0.4, -0.2) is 30.1 Å². The Labute approximate surface area is 206 Å². The van der Waals surface area contributed by atoms with Crippen molar-refractivity contribution in [1.82, 2.24) is 4.98 Å². The number of esters is 1. The number of rotatable bonds is 7. The van der Waals surface area contributed by atoms with Gasteiger partial charge in [0.05, 0.1) is 28.6 Å². The van der Waals surface area contributed by atoms with E-state index in [1.165, 1.54) is 18.4 Å². The summed E-state index contributed by atoms with van der Waals surface area (Å²) in [5, 5.41) is 4.03. The zero-order valence-electron chi connectivity index (χ0n) is 18.9. The van der Waals surface area contributed by atoms with E-state index < -0.39 is 18.0 Å². The van der Waals surface area contributed by atoms with Crippen molar-refractivity contribution in [3.05, 3.63) is 76.8 Å². The molecule has 0 aliphatic rings. The van der Waals surface area contributed by atoms with Gasteiger partial charge in [0.15, 0.2) is 6.10 Å². The van der Waals surface area contributed by atoms with E-state index in [1.807, 2.05) is 43.3 Å². The lowest BCUT2D eigenvalue weighted by atomic mass is 10.1. The van der Waals surface area contributed by atoms with E-state index in [0.29, 0.717) is 39.0 Å². The van der Waals surface area contributed by atoms with Gasteiger partial charge in [0.1, 0.15) is 10.8 Å². The highest BCUT2D eigenvalue weighted by Gasteiger charge is 2.25. The minimum Gasteiger partial charge on any atom is -0.495 e. The third-order valence-corrected chi connectivity index (χ3v) is 6.80. The van der Waals surface area contributed by atoms with Crippen molar-refractivity contribution < 1.29 is 19.1 Å². The van der Waals surface area contributed by atoms with Gasteiger partial charge in [-0.05, 0) is 43.2 Å². The van der Waals surface area contributed by atoms with Gasteiger partial charge in [0.25, 0.3) is 5.91 Å². The first-order chi connectivity index (χ1) is 16.4. The number of aromatic nitrogens is 1. The number of nitrogens with zero attached hydrogens (tertiary/aromatic N) is 1. The van der Waals surface area contributed by atoms with Gasteiger partial charge in [0.2, 0.25) is 0 Å². The zero-order chi connectivity index (χ0) is 24.2. The summed E-state index contributed by atoms with van der Waals surface area (Å²) in [6.45, 7) is 3.61. The maximum Gasteiger partial charge on any atom is 0.339 e. The first-order valence-corrected chi connectivity index (χ1v) is 11.9. The molecule has 0 bridgehead atoms. The van der Waals surface area contributed by atoms with E-state index in [9.17, 15) is 9.59 Å². The molecule has 0 aliphatic carbocycles. The van der Waals surface area contributed by atoms with Crippen LogP contribution in [0.1, 0.15) is 29.3 Å². The number of hydrogen-bond donors (Lipinski definition) is 1. The smallest absolute Gasteiger partial charge is 0.339 e. The summed E-state index contributed by atoms with van der Waals surface area (Å²) in [4.78, 5) is 30.8. The average molecular weight is 495 g/mol. The van der Waals surface area contributed by atoms with Gasteiger partial charge in [-0.2, -0.15) is 0 Å². The molecule has 174 valence electrons. The second-order valence-electron chi connectivity index (χ2n) is 7.63. The molecule has 0 fully saturated rings. The molecule has 1 N–H and O–H groups in total. The largest absolute Gasteiger partial charge is 0.495 e. The summed E-state index contributed by atoms with van der Waals surface area (Å²) in [6.07, 6.45) is -0.688. The lowest BCUT2D eigenvalue weighted by Crippen LogP contribution is -2.32. The minimum absolute atomic E-state index is 0.301. The average Bonchev–Trinajstić information content (AvgIpc) is 3.28. The number of ether oxygens (including phenoxy) is 2. The molecule has 0 saturated carbocycles. The first-order valence-electron chi connectivity index (χ1n) is 10.7. The molecule has 0 spiro atoms. The number of para-hydroxylation sites is 1. The highest BCUT2D eigenvalue weighted by molar-refractivity contribution is 7.21. The second kappa shape index (κ2) is 10.2. The van der Waals surface area contributed by atoms with E-state index >= 15 is 0 Å². The number of nitrogens with one attached hydrogen (secondary N) is 1. The maximum atomic E-state index is 13.1. The number of amides is 1. The van der Waals surface area contributed by atoms with Crippen molar-refractivity contribution >= 4 is 50.7 Å². The number of halogens is 1. The molecule has 4 aromatic rings. The van der Waals surface area contributed by atoms with Crippen molar-refractivity contribution in [2.24, 2.45) is 0 Å². The molecule has 8 heteroatoms. The van der Waals surface area contributed by atoms with Gasteiger partial charge >= 0.3 is 5.97 Å². The Morgan fingerprint density at radius 1 is 1.12 bits per heavy atom. The van der Waals surface area contributed by atoms with Crippen molar-refractivity contribution in [2.75, 3.05) is 12.4 Å². The molecule has 1 heterocycles. The predicted molar refractivity (Wildman–Crippen MR) is 136 cm³/mol. The molecule has 6 nitrogen and oxygen atoms in total. The normalized spacial score (nSPS) is 11.8. The van der Waals surface area contributed by atoms with Crippen molar-refractivity contribution in [1.29, 1.82) is 0 Å². The Morgan fingerprint density at radius 3 is 2.59 bits per heavy atom. The van der Waals surface area contributed by atoms with Crippen molar-refractivity contribution in [3.8, 4) is 16.3 Å². The summed E-state index contributed by atoms with van der Waals surface area (Å²) in [5.74, 6) is -0.615. The third-order valence-electron chi connectivity index (χ3n) is 5.32. The number of benzene rings is 3. The number of carbonyl (C=O) groups is 2. The number of fused-ring (bicyclic) bond motifs is 1. The maximum absolute atomic E-state index is 13.1. The number of methoxy groups -OCH3 is 1. The van der Waals surface area contributed by atoms with Crippen LogP contribution in [0, 0.1) is 6.92 Å². The molecule has 3 aromatic carbocycles. The highest BCUT2D eigenvalue weighted by atomic mass is 35.5. The fourth-order valence-corrected chi connectivity index (χ4v) is 4.65. The van der Waals surface area contributed by atoms with E-state index in [-0.39, 0.29) is 0 Å². The molecule has 1 aromatic heterocycles. The summed E-state index contributed by atoms with van der Waals surface area (Å²) in [7, 11) is 1.49. The van der Waals surface area contributed by atoms with Crippen molar-refractivity contribution in [3.63, 3.8) is 0 Å². The molecule has 34 heavy (non-hydrogen) atoms. The molecular formula is C26H23ClN2O4S. The van der Waals surface area contributed by atoms with Gasteiger partial charge in [-0.15, -0.1) is 11.3 Å². The quantitative estimate of drug-likeness (QED) is 0.296. The molecular weight excluding hydrogens is 472 g/mol. The Hall–Kier alpha value is -3.42. The lowest BCUT2D eigenvalue weighted by Gasteiger charge is -2.18. The molecule has 1 atom stereocenters. The Kier molecular flexibility index (Phi) is 7.14. The fraction of sp³-hybridized carbons (Fsp3) is 0.192. The van der Waals surface area contributed by atoms with Crippen LogP contribution in [0.2, 0.25) is 5.02 Å². The van der Waals surface area contributed by atoms with Crippen LogP contribution in [-0.2, 0) is 9.53 Å². The van der Waals surface area contributed by atoms with Crippen molar-refractivity contribution in [2.45, 2.75) is 26.4 Å². The molecule has 1 amide bonds. The van der Waals surface area contributed by atoms with Crippen LogP contribution in [0.15, 0.2) is 60.7 Å². The van der Waals surface area contributed by atoms with Gasteiger partial charge in [0, 0.05) is 16.7 Å². The standard InChI is InChI=1S/C26H23ClN2O4S/c1-4-21(24(30)28-20-13-15(2)18(27)14-22(20)32-3)33-26(31)17-10-6-5-9-16(17)25-29-19-11-7-8-12-23(19)34-25/h5-14,21H,4H2,1-3H3,(H,28,30). The Bertz CT molecular complexity index is 1340. The molecule has 0 aliphatic heterocycles. The Balaban J connectivity index is 1.56. The van der Waals surface area contributed by atoms with E-state index in [0.717, 1.165) is 15.8 Å².